The van der Waals surface area contributed by atoms with Crippen LogP contribution >= 0.6 is 0 Å². The summed E-state index contributed by atoms with van der Waals surface area (Å²) in [6.07, 6.45) is 13.2. The Labute approximate surface area is 785 Å². The van der Waals surface area contributed by atoms with Crippen LogP contribution in [0.5, 0.6) is 5.75 Å². The van der Waals surface area contributed by atoms with Crippen molar-refractivity contribution < 1.29 is 77.7 Å². The number of carboxylic acid groups (broad SMARTS) is 2. The third-order valence-corrected chi connectivity index (χ3v) is 37.2. The number of hydrogen-bond donors (Lipinski definition) is 4. The number of methoxy groups -OCH3 is 2. The lowest BCUT2D eigenvalue weighted by Crippen LogP contribution is -2.49. The maximum atomic E-state index is 12.6. The summed E-state index contributed by atoms with van der Waals surface area (Å²) in [6.45, 7) is 28.4. The standard InChI is InChI=1S/C19H23NO3.C18H22N2O3.C18H24N2O.C18H21NO4.2C18H21NO3/c1-11-4-5-14-13(8-11)6-7-20-16(21)9-15-17(18(22)23-3)12(2)10-19(14,15)20;1-11-3-4-13-5-6-19-17(21)8-16-14(10-20(22)23)12(2)9-18(16,19)15(13)7-11;1-11-3-4-15-13(7-11)5-6-20-17(21)8-16-14(10-19)12(2)9-18(15,16)20;1-10-9-18-13-4-3-12(20)7-11(13)5-6-19(18)15(21)8-14(18)16(10)17(22)23-2;1-10-3-4-13-12(7-10)5-6-19-15(20)8-14-16(17(21)22)11(2)9-18(13,14)19;1-10-3-4-12-5-6-19-15(20)8-14-16(17(21)22)11(2)9-18(14,19)13(12)7-10/h4-5,8,12,15,17H,6-7,9-10H2,1-3H3;3-4,7,12,14,16H,5-6,8-10H2,1-2H3;3-4,7,12,14,16H,5-6,8-10,19H2,1-2H3;3-4,7,10,14,16,20H,5-6,8-9H2,1-2H3;2*3-4,7,11,14,16H,5-6,8-9H2,1-2H3,(H,21,22)/t12-,15-,17+,19-;2*12-,14+,16-,18-;10-,14-,16+,18-;2*11-,14-,16+,18-/m000000/s1. The summed E-state index contributed by atoms with van der Waals surface area (Å²) in [7, 11) is 2.87. The number of carbonyl (C=O) groups excluding carboxylic acids is 8. The number of nitrogens with two attached hydrogens (primary N) is 1. The predicted octanol–water partition coefficient (Wildman–Crippen LogP) is 13.7. The molecule has 0 unspecified atom stereocenters. The summed E-state index contributed by atoms with van der Waals surface area (Å²) in [5, 5.41) is 40.3. The highest BCUT2D eigenvalue weighted by molar-refractivity contribution is 5.89. The number of aliphatic carboxylic acids is 2. The van der Waals surface area contributed by atoms with E-state index in [1.54, 1.807) is 12.1 Å². The first kappa shape index (κ1) is 92.3. The van der Waals surface area contributed by atoms with Crippen LogP contribution in [0.25, 0.3) is 0 Å². The molecule has 6 amide bonds. The molecule has 6 spiro atoms. The number of aromatic hydroxyl groups is 1. The van der Waals surface area contributed by atoms with Crippen molar-refractivity contribution >= 4 is 59.3 Å². The zero-order valence-corrected chi connectivity index (χ0v) is 79.9. The number of aryl methyl sites for hydroxylation is 5. The number of rotatable bonds is 7. The minimum absolute atomic E-state index is 0.00888. The molecule has 0 aromatic heterocycles. The van der Waals surface area contributed by atoms with Gasteiger partial charge in [-0.05, 0) is 244 Å². The first-order chi connectivity index (χ1) is 63.9. The van der Waals surface area contributed by atoms with E-state index in [0.717, 1.165) is 121 Å². The van der Waals surface area contributed by atoms with E-state index in [9.17, 15) is 73.4 Å². The Morgan fingerprint density at radius 3 is 0.940 bits per heavy atom. The molecular formula is C109H132N8O17. The molecule has 6 aromatic rings. The zero-order chi connectivity index (χ0) is 95.1. The molecule has 0 radical (unpaired) electrons. The molecule has 18 aliphatic rings. The number of nitrogens with zero attached hydrogens (tertiary/aromatic N) is 7. The van der Waals surface area contributed by atoms with Crippen molar-refractivity contribution in [2.75, 3.05) is 66.6 Å². The highest BCUT2D eigenvalue weighted by Gasteiger charge is 2.72. The second-order valence-corrected chi connectivity index (χ2v) is 43.8. The first-order valence-electron chi connectivity index (χ1n) is 49.5. The SMILES string of the molecule is COC(=O)[C@@H]1[C@@H](C)C[C@@]23c4ccc(C)cc4CCN2C(=O)C[C@@H]13.COC(=O)[C@@H]1[C@@H](C)C[C@@]23c4ccc(O)cc4CCN2C(=O)C[C@@H]13.Cc1ccc2c(c1)CCN1C(=O)C[C@H]3[C@H](C(=O)O)[C@@H](C)C[C@]231.Cc1ccc2c(c1)CCN1C(=O)C[C@H]3[C@H](CN)[C@@H](C)C[C@]231.Cc1ccc2c(c1)[C@@]13C[C@H](C)[C@@H](C(=O)O)[C@@H]1CC(=O)N3CC2.Cc1ccc2c(c1)[C@@]13C[C@H](C)[C@@H](C[N+](=O)[O-])[C@@H]1CC(=O)N3CC2. The van der Waals surface area contributed by atoms with Gasteiger partial charge in [0.1, 0.15) is 5.75 Å². The molecule has 0 bridgehead atoms. The van der Waals surface area contributed by atoms with Gasteiger partial charge < -0.3 is 59.9 Å². The number of benzene rings is 6. The van der Waals surface area contributed by atoms with Crippen LogP contribution in [0.2, 0.25) is 0 Å². The number of esters is 2. The maximum Gasteiger partial charge on any atom is 0.309 e. The van der Waals surface area contributed by atoms with Crippen LogP contribution in [0.1, 0.15) is 213 Å². The van der Waals surface area contributed by atoms with Crippen LogP contribution in [-0.2, 0) is 129 Å². The second-order valence-electron chi connectivity index (χ2n) is 43.8. The van der Waals surface area contributed by atoms with Crippen molar-refractivity contribution in [3.63, 3.8) is 0 Å². The lowest BCUT2D eigenvalue weighted by molar-refractivity contribution is -0.491. The van der Waals surface area contributed by atoms with Crippen LogP contribution in [0.3, 0.4) is 0 Å². The number of fused-ring (bicyclic) bond motifs is 6. The Bertz CT molecular complexity index is 5770. The summed E-state index contributed by atoms with van der Waals surface area (Å²) >= 11 is 0. The normalized spacial score (nSPS) is 35.6. The number of carboxylic acids is 2. The van der Waals surface area contributed by atoms with Gasteiger partial charge in [0.25, 0.3) is 0 Å². The Morgan fingerprint density at radius 2 is 0.612 bits per heavy atom. The lowest BCUT2D eigenvalue weighted by atomic mass is 9.74. The molecule has 12 aliphatic heterocycles. The van der Waals surface area contributed by atoms with E-state index in [1.165, 1.54) is 97.7 Å². The van der Waals surface area contributed by atoms with Crippen LogP contribution in [0.15, 0.2) is 109 Å². The highest BCUT2D eigenvalue weighted by atomic mass is 16.6. The summed E-state index contributed by atoms with van der Waals surface area (Å²) < 4.78 is 10.1. The van der Waals surface area contributed by atoms with Gasteiger partial charge in [-0.15, -0.1) is 0 Å². The minimum atomic E-state index is -0.747. The van der Waals surface area contributed by atoms with Crippen molar-refractivity contribution in [3.8, 4) is 5.75 Å². The van der Waals surface area contributed by atoms with Gasteiger partial charge in [-0.2, -0.15) is 0 Å². The Morgan fingerprint density at radius 1 is 0.358 bits per heavy atom. The largest absolute Gasteiger partial charge is 0.508 e. The van der Waals surface area contributed by atoms with E-state index >= 15 is 0 Å². The van der Waals surface area contributed by atoms with E-state index in [1.807, 2.05) is 34.6 Å². The van der Waals surface area contributed by atoms with Crippen molar-refractivity contribution in [2.24, 2.45) is 112 Å². The Hall–Kier alpha value is -10.8. The number of phenolic OH excluding ortho intramolecular Hbond substituents is 1. The molecular weight excluding hydrogens is 1690 g/mol. The molecule has 24 atom stereocenters. The summed E-state index contributed by atoms with van der Waals surface area (Å²) in [6, 6.07) is 38.2. The molecule has 5 N–H and O–H groups in total. The zero-order valence-electron chi connectivity index (χ0n) is 79.9. The van der Waals surface area contributed by atoms with Gasteiger partial charge in [0.2, 0.25) is 42.0 Å². The van der Waals surface area contributed by atoms with Crippen molar-refractivity contribution in [1.29, 1.82) is 0 Å². The molecule has 12 heterocycles. The van der Waals surface area contributed by atoms with Gasteiger partial charge >= 0.3 is 23.9 Å². The quantitative estimate of drug-likeness (QED) is 0.0655. The minimum Gasteiger partial charge on any atom is -0.508 e. The molecule has 25 nitrogen and oxygen atoms in total. The average molecular weight is 1830 g/mol. The third kappa shape index (κ3) is 13.7. The molecule has 24 rings (SSSR count). The van der Waals surface area contributed by atoms with Gasteiger partial charge in [0.05, 0.1) is 71.1 Å². The van der Waals surface area contributed by atoms with Crippen LogP contribution < -0.4 is 5.73 Å². The smallest absolute Gasteiger partial charge is 0.309 e. The maximum absolute atomic E-state index is 12.6. The van der Waals surface area contributed by atoms with Crippen molar-refractivity contribution in [2.45, 2.75) is 225 Å². The fourth-order valence-electron chi connectivity index (χ4n) is 32.5. The number of carbonyl (C=O) groups is 10. The molecule has 710 valence electrons. The molecule has 6 saturated heterocycles. The number of amides is 6. The van der Waals surface area contributed by atoms with Crippen LogP contribution in [-0.4, -0.2) is 176 Å². The molecule has 12 fully saturated rings. The van der Waals surface area contributed by atoms with Gasteiger partial charge in [-0.1, -0.05) is 166 Å². The van der Waals surface area contributed by atoms with E-state index in [0.29, 0.717) is 75.3 Å². The molecule has 25 heteroatoms. The average Bonchev–Trinajstić information content (AvgIpc) is 1.56. The highest BCUT2D eigenvalue weighted by Crippen LogP contribution is 2.68. The van der Waals surface area contributed by atoms with E-state index in [2.05, 4.69) is 168 Å². The molecule has 6 saturated carbocycles. The molecule has 6 aromatic carbocycles. The van der Waals surface area contributed by atoms with E-state index in [4.69, 9.17) is 15.2 Å². The Kier molecular flexibility index (Phi) is 23.3. The first-order valence-corrected chi connectivity index (χ1v) is 49.5. The fourth-order valence-corrected chi connectivity index (χ4v) is 32.5. The van der Waals surface area contributed by atoms with Gasteiger partial charge in [0.15, 0.2) is 0 Å². The van der Waals surface area contributed by atoms with E-state index < -0.39 is 29.3 Å². The third-order valence-electron chi connectivity index (χ3n) is 37.2. The predicted molar refractivity (Wildman–Crippen MR) is 499 cm³/mol. The molecule has 6 aliphatic carbocycles. The fraction of sp³-hybridized carbons (Fsp3) is 0.578. The number of nitro groups is 1. The number of phenols is 1. The summed E-state index contributed by atoms with van der Waals surface area (Å²) in [5.74, 6) is 0.521. The summed E-state index contributed by atoms with van der Waals surface area (Å²) in [4.78, 5) is 147. The Balaban J connectivity index is 0.000000103. The number of hydrogen-bond acceptors (Lipinski definition) is 16. The van der Waals surface area contributed by atoms with Crippen molar-refractivity contribution in [3.05, 3.63) is 214 Å². The summed E-state index contributed by atoms with van der Waals surface area (Å²) in [5.41, 5.74) is 25.7. The monoisotopic (exact) mass is 1820 g/mol. The van der Waals surface area contributed by atoms with Crippen LogP contribution in [0, 0.1) is 151 Å². The topological polar surface area (TPSA) is 338 Å². The van der Waals surface area contributed by atoms with Gasteiger partial charge in [-0.25, -0.2) is 0 Å². The lowest BCUT2D eigenvalue weighted by Gasteiger charge is -2.45. The van der Waals surface area contributed by atoms with Gasteiger partial charge in [0, 0.05) is 118 Å². The van der Waals surface area contributed by atoms with E-state index in [-0.39, 0.29) is 163 Å². The number of ether oxygens (including phenoxy) is 2. The van der Waals surface area contributed by atoms with Gasteiger partial charge in [-0.3, -0.25) is 58.1 Å². The second kappa shape index (κ2) is 33.9. The van der Waals surface area contributed by atoms with Crippen LogP contribution in [0.4, 0.5) is 0 Å². The van der Waals surface area contributed by atoms with Crippen molar-refractivity contribution in [1.82, 2.24) is 29.4 Å². The molecule has 134 heavy (non-hydrogen) atoms.